The number of aromatic nitrogens is 2. The summed E-state index contributed by atoms with van der Waals surface area (Å²) in [5, 5.41) is 7.23. The molecular weight excluding hydrogens is 304 g/mol. The van der Waals surface area contributed by atoms with E-state index < -0.39 is 0 Å². The lowest BCUT2D eigenvalue weighted by molar-refractivity contribution is 0.0909. The van der Waals surface area contributed by atoms with Gasteiger partial charge in [-0.3, -0.25) is 4.79 Å². The van der Waals surface area contributed by atoms with Gasteiger partial charge >= 0.3 is 0 Å². The van der Waals surface area contributed by atoms with Crippen LogP contribution in [0.25, 0.3) is 11.1 Å². The van der Waals surface area contributed by atoms with Gasteiger partial charge in [0.15, 0.2) is 0 Å². The predicted octanol–water partition coefficient (Wildman–Crippen LogP) is 3.80. The van der Waals surface area contributed by atoms with Crippen LogP contribution < -0.4 is 10.6 Å². The molecule has 1 amide bonds. The Morgan fingerprint density at radius 2 is 2.08 bits per heavy atom. The fraction of sp³-hybridized carbons (Fsp3) is 0.611. The number of aryl methyl sites for hydroxylation is 1. The molecule has 24 heavy (non-hydrogen) atoms. The molecule has 2 heterocycles. The summed E-state index contributed by atoms with van der Waals surface area (Å²) in [6.45, 7) is 10.1. The minimum Gasteiger partial charge on any atom is -0.442 e. The van der Waals surface area contributed by atoms with Crippen LogP contribution in [0.1, 0.15) is 69.5 Å². The van der Waals surface area contributed by atoms with Crippen molar-refractivity contribution in [2.24, 2.45) is 0 Å². The van der Waals surface area contributed by atoms with Gasteiger partial charge in [-0.15, -0.1) is 0 Å². The third-order valence-electron chi connectivity index (χ3n) is 4.64. The van der Waals surface area contributed by atoms with Gasteiger partial charge in [0.25, 0.3) is 5.91 Å². The lowest BCUT2D eigenvalue weighted by Crippen LogP contribution is -2.43. The first-order valence-electron chi connectivity index (χ1n) is 8.59. The molecule has 6 nitrogen and oxygen atoms in total. The minimum absolute atomic E-state index is 0.0572. The van der Waals surface area contributed by atoms with Crippen molar-refractivity contribution in [3.8, 4) is 0 Å². The first-order chi connectivity index (χ1) is 11.2. The Morgan fingerprint density at radius 1 is 1.38 bits per heavy atom. The Bertz CT molecular complexity index is 775. The summed E-state index contributed by atoms with van der Waals surface area (Å²) in [4.78, 5) is 21.5. The minimum atomic E-state index is -0.270. The zero-order valence-corrected chi connectivity index (χ0v) is 15.1. The maximum atomic E-state index is 12.9. The average molecular weight is 330 g/mol. The molecule has 2 N–H and O–H groups in total. The fourth-order valence-electron chi connectivity index (χ4n) is 3.07. The first-order valence-corrected chi connectivity index (χ1v) is 8.59. The number of anilines is 1. The molecule has 0 radical (unpaired) electrons. The number of furan rings is 1. The summed E-state index contributed by atoms with van der Waals surface area (Å²) in [7, 11) is 0. The Balaban J connectivity index is 2.00. The monoisotopic (exact) mass is 330 g/mol. The van der Waals surface area contributed by atoms with Crippen LogP contribution in [0.5, 0.6) is 0 Å². The van der Waals surface area contributed by atoms with Gasteiger partial charge < -0.3 is 15.1 Å². The number of nitrogens with one attached hydrogen (secondary N) is 2. The second-order valence-electron chi connectivity index (χ2n) is 7.71. The average Bonchev–Trinajstić information content (AvgIpc) is 3.07. The molecule has 3 rings (SSSR count). The molecule has 0 bridgehead atoms. The van der Waals surface area contributed by atoms with Crippen molar-refractivity contribution in [3.63, 3.8) is 0 Å². The molecule has 0 aliphatic heterocycles. The molecule has 1 saturated carbocycles. The van der Waals surface area contributed by atoms with E-state index in [1.165, 1.54) is 6.33 Å². The van der Waals surface area contributed by atoms with E-state index in [1.807, 2.05) is 13.8 Å². The summed E-state index contributed by atoms with van der Waals surface area (Å²) in [6.07, 6.45) is 5.59. The van der Waals surface area contributed by atoms with Crippen LogP contribution in [0, 0.1) is 6.92 Å². The fourth-order valence-corrected chi connectivity index (χ4v) is 3.07. The van der Waals surface area contributed by atoms with E-state index in [0.717, 1.165) is 25.7 Å². The van der Waals surface area contributed by atoms with Crippen LogP contribution in [0.4, 0.5) is 5.82 Å². The van der Waals surface area contributed by atoms with Gasteiger partial charge in [-0.2, -0.15) is 0 Å². The summed E-state index contributed by atoms with van der Waals surface area (Å²) in [5.41, 5.74) is 0.768. The third-order valence-corrected chi connectivity index (χ3v) is 4.64. The molecule has 130 valence electrons. The largest absolute Gasteiger partial charge is 0.442 e. The highest BCUT2D eigenvalue weighted by atomic mass is 16.3. The predicted molar refractivity (Wildman–Crippen MR) is 94.3 cm³/mol. The highest BCUT2D eigenvalue weighted by Gasteiger charge is 2.38. The van der Waals surface area contributed by atoms with E-state index in [-0.39, 0.29) is 17.0 Å². The molecule has 2 aromatic rings. The van der Waals surface area contributed by atoms with Crippen LogP contribution in [0.15, 0.2) is 10.7 Å². The Hall–Kier alpha value is -2.11. The van der Waals surface area contributed by atoms with Crippen molar-refractivity contribution < 1.29 is 9.21 Å². The normalized spacial score (nSPS) is 16.2. The zero-order valence-electron chi connectivity index (χ0n) is 15.1. The Labute approximate surface area is 142 Å². The number of rotatable bonds is 6. The van der Waals surface area contributed by atoms with E-state index in [1.54, 1.807) is 6.92 Å². The van der Waals surface area contributed by atoms with E-state index in [4.69, 9.17) is 4.42 Å². The van der Waals surface area contributed by atoms with E-state index >= 15 is 0 Å². The van der Waals surface area contributed by atoms with Gasteiger partial charge in [-0.1, -0.05) is 13.3 Å². The molecule has 0 atom stereocenters. The lowest BCUT2D eigenvalue weighted by atomic mass is 9.98. The van der Waals surface area contributed by atoms with Crippen molar-refractivity contribution >= 4 is 22.8 Å². The van der Waals surface area contributed by atoms with Gasteiger partial charge in [0.2, 0.25) is 5.71 Å². The molecule has 1 aliphatic carbocycles. The summed E-state index contributed by atoms with van der Waals surface area (Å²) in [6, 6.07) is 0. The first kappa shape index (κ1) is 16.7. The molecule has 6 heteroatoms. The summed E-state index contributed by atoms with van der Waals surface area (Å²) in [5.74, 6) is 1.11. The SMILES string of the molecule is CCCC(C)(C)NC(=O)c1c(C)oc2ncnc(NC3(C)CC3)c12. The van der Waals surface area contributed by atoms with Crippen LogP contribution in [-0.2, 0) is 0 Å². The summed E-state index contributed by atoms with van der Waals surface area (Å²) < 4.78 is 5.72. The van der Waals surface area contributed by atoms with E-state index in [2.05, 4.69) is 34.4 Å². The quantitative estimate of drug-likeness (QED) is 0.842. The second-order valence-corrected chi connectivity index (χ2v) is 7.71. The standard InChI is InChI=1S/C18H26N4O2/c1-6-7-17(3,4)22-15(23)12-11(2)24-16-13(12)14(19-10-20-16)21-18(5)8-9-18/h10H,6-9H2,1-5H3,(H,22,23)(H,19,20,21). The Kier molecular flexibility index (Phi) is 4.01. The molecule has 1 fully saturated rings. The third kappa shape index (κ3) is 3.23. The molecule has 0 unspecified atom stereocenters. The number of fused-ring (bicyclic) bond motifs is 1. The maximum absolute atomic E-state index is 12.9. The number of hydrogen-bond donors (Lipinski definition) is 2. The zero-order chi connectivity index (χ0) is 17.5. The number of carbonyl (C=O) groups is 1. The van der Waals surface area contributed by atoms with E-state index in [9.17, 15) is 4.79 Å². The maximum Gasteiger partial charge on any atom is 0.256 e. The van der Waals surface area contributed by atoms with Gasteiger partial charge in [0.05, 0.1) is 10.9 Å². The van der Waals surface area contributed by atoms with Crippen molar-refractivity contribution in [3.05, 3.63) is 17.7 Å². The molecule has 1 aliphatic rings. The van der Waals surface area contributed by atoms with Gasteiger partial charge in [-0.05, 0) is 47.0 Å². The topological polar surface area (TPSA) is 80.1 Å². The second kappa shape index (κ2) is 5.76. The summed E-state index contributed by atoms with van der Waals surface area (Å²) >= 11 is 0. The van der Waals surface area contributed by atoms with Gasteiger partial charge in [-0.25, -0.2) is 9.97 Å². The molecule has 0 spiro atoms. The van der Waals surface area contributed by atoms with E-state index in [0.29, 0.717) is 28.2 Å². The molecule has 0 aromatic carbocycles. The van der Waals surface area contributed by atoms with Crippen LogP contribution >= 0.6 is 0 Å². The Morgan fingerprint density at radius 3 is 2.71 bits per heavy atom. The highest BCUT2D eigenvalue weighted by Crippen LogP contribution is 2.40. The molecule has 2 aromatic heterocycles. The smallest absolute Gasteiger partial charge is 0.256 e. The lowest BCUT2D eigenvalue weighted by Gasteiger charge is -2.25. The van der Waals surface area contributed by atoms with Crippen molar-refractivity contribution in [1.82, 2.24) is 15.3 Å². The van der Waals surface area contributed by atoms with Crippen molar-refractivity contribution in [1.29, 1.82) is 0 Å². The number of amides is 1. The molecular formula is C18H26N4O2. The van der Waals surface area contributed by atoms with Crippen LogP contribution in [-0.4, -0.2) is 27.0 Å². The number of hydrogen-bond acceptors (Lipinski definition) is 5. The van der Waals surface area contributed by atoms with Crippen molar-refractivity contribution in [2.75, 3.05) is 5.32 Å². The molecule has 0 saturated heterocycles. The van der Waals surface area contributed by atoms with Crippen LogP contribution in [0.3, 0.4) is 0 Å². The number of nitrogens with zero attached hydrogens (tertiary/aromatic N) is 2. The van der Waals surface area contributed by atoms with Crippen molar-refractivity contribution in [2.45, 2.75) is 71.4 Å². The van der Waals surface area contributed by atoms with Gasteiger partial charge in [0.1, 0.15) is 17.9 Å². The van der Waals surface area contributed by atoms with Crippen LogP contribution in [0.2, 0.25) is 0 Å². The highest BCUT2D eigenvalue weighted by molar-refractivity contribution is 6.10. The van der Waals surface area contributed by atoms with Gasteiger partial charge in [0, 0.05) is 11.1 Å². The number of carbonyl (C=O) groups excluding carboxylic acids is 1.